The average molecular weight is 191 g/mol. The van der Waals surface area contributed by atoms with Crippen molar-refractivity contribution in [3.63, 3.8) is 0 Å². The summed E-state index contributed by atoms with van der Waals surface area (Å²) < 4.78 is 0. The fraction of sp³-hybridized carbons (Fsp3) is 0.909. The molecule has 0 aromatic carbocycles. The lowest BCUT2D eigenvalue weighted by atomic mass is 10.0. The first-order valence-electron chi connectivity index (χ1n) is 5.98. The summed E-state index contributed by atoms with van der Waals surface area (Å²) in [5.74, 6) is 5.22. The lowest BCUT2D eigenvalue weighted by Crippen LogP contribution is -2.37. The molecule has 4 unspecified atom stereocenters. The van der Waals surface area contributed by atoms with Gasteiger partial charge in [0, 0.05) is 12.6 Å². The first kappa shape index (κ1) is 7.55. The van der Waals surface area contributed by atoms with E-state index in [0.717, 1.165) is 48.8 Å². The minimum Gasteiger partial charge on any atom is -0.355 e. The Kier molecular flexibility index (Phi) is 1.32. The molecule has 3 heteroatoms. The van der Waals surface area contributed by atoms with E-state index in [2.05, 4.69) is 15.6 Å². The van der Waals surface area contributed by atoms with Crippen molar-refractivity contribution in [2.45, 2.75) is 25.3 Å². The van der Waals surface area contributed by atoms with Gasteiger partial charge in [-0.05, 0) is 42.9 Å². The fourth-order valence-corrected chi connectivity index (χ4v) is 4.17. The first-order valence-corrected chi connectivity index (χ1v) is 5.98. The fourth-order valence-electron chi connectivity index (χ4n) is 4.17. The van der Waals surface area contributed by atoms with Crippen LogP contribution in [0.25, 0.3) is 0 Å². The Bertz CT molecular complexity index is 283. The van der Waals surface area contributed by atoms with Gasteiger partial charge in [-0.15, -0.1) is 0 Å². The second-order valence-electron chi connectivity index (χ2n) is 5.32. The van der Waals surface area contributed by atoms with Crippen molar-refractivity contribution in [1.29, 1.82) is 0 Å². The van der Waals surface area contributed by atoms with E-state index in [0.29, 0.717) is 0 Å². The molecule has 0 saturated heterocycles. The first-order chi connectivity index (χ1) is 6.93. The van der Waals surface area contributed by atoms with Gasteiger partial charge in [-0.1, -0.05) is 0 Å². The van der Waals surface area contributed by atoms with Crippen LogP contribution in [0.2, 0.25) is 0 Å². The van der Waals surface area contributed by atoms with Crippen LogP contribution in [-0.2, 0) is 0 Å². The van der Waals surface area contributed by atoms with Crippen LogP contribution in [0.3, 0.4) is 0 Å². The Hall–Kier alpha value is -0.730. The van der Waals surface area contributed by atoms with Crippen molar-refractivity contribution in [1.82, 2.24) is 10.6 Å². The Morgan fingerprint density at radius 3 is 2.64 bits per heavy atom. The SMILES string of the molecule is C1CNC(NC2C3C4CCC(C4)C23)=N1. The number of fused-ring (bicyclic) bond motifs is 5. The molecule has 4 atom stereocenters. The van der Waals surface area contributed by atoms with E-state index in [1.165, 1.54) is 19.3 Å². The van der Waals surface area contributed by atoms with Crippen LogP contribution in [0.1, 0.15) is 19.3 Å². The Morgan fingerprint density at radius 2 is 2.00 bits per heavy atom. The molecular weight excluding hydrogens is 174 g/mol. The van der Waals surface area contributed by atoms with Crippen molar-refractivity contribution in [3.8, 4) is 0 Å². The number of nitrogens with one attached hydrogen (secondary N) is 2. The van der Waals surface area contributed by atoms with Gasteiger partial charge in [0.25, 0.3) is 0 Å². The van der Waals surface area contributed by atoms with Gasteiger partial charge in [0.2, 0.25) is 0 Å². The Labute approximate surface area is 84.4 Å². The van der Waals surface area contributed by atoms with Crippen LogP contribution in [0, 0.1) is 23.7 Å². The minimum absolute atomic E-state index is 0.783. The smallest absolute Gasteiger partial charge is 0.191 e. The van der Waals surface area contributed by atoms with E-state index < -0.39 is 0 Å². The van der Waals surface area contributed by atoms with Crippen molar-refractivity contribution in [3.05, 3.63) is 0 Å². The summed E-state index contributed by atoms with van der Waals surface area (Å²) in [7, 11) is 0. The van der Waals surface area contributed by atoms with Crippen molar-refractivity contribution >= 4 is 5.96 Å². The molecule has 0 spiro atoms. The summed E-state index contributed by atoms with van der Waals surface area (Å²) in [5.41, 5.74) is 0. The molecule has 76 valence electrons. The maximum atomic E-state index is 4.41. The summed E-state index contributed by atoms with van der Waals surface area (Å²) in [4.78, 5) is 4.41. The highest BCUT2D eigenvalue weighted by molar-refractivity contribution is 5.82. The maximum Gasteiger partial charge on any atom is 0.191 e. The van der Waals surface area contributed by atoms with Gasteiger partial charge in [-0.25, -0.2) is 0 Å². The zero-order valence-corrected chi connectivity index (χ0v) is 8.37. The van der Waals surface area contributed by atoms with Gasteiger partial charge in [0.15, 0.2) is 5.96 Å². The van der Waals surface area contributed by atoms with Crippen molar-refractivity contribution in [2.24, 2.45) is 28.7 Å². The van der Waals surface area contributed by atoms with Crippen LogP contribution in [0.15, 0.2) is 4.99 Å². The Morgan fingerprint density at radius 1 is 1.21 bits per heavy atom. The summed E-state index contributed by atoms with van der Waals surface area (Å²) in [6, 6.07) is 0.783. The van der Waals surface area contributed by atoms with Gasteiger partial charge in [0.05, 0.1) is 6.54 Å². The van der Waals surface area contributed by atoms with E-state index in [9.17, 15) is 0 Å². The summed E-state index contributed by atoms with van der Waals surface area (Å²) >= 11 is 0. The zero-order valence-electron chi connectivity index (χ0n) is 8.37. The van der Waals surface area contributed by atoms with Crippen molar-refractivity contribution in [2.75, 3.05) is 13.1 Å². The third kappa shape index (κ3) is 0.856. The molecule has 3 fully saturated rings. The standard InChI is InChI=1S/C11H17N3/c1-2-7-5-6(1)8-9(7)10(8)14-11-12-3-4-13-11/h6-10H,1-5H2,(H2,12,13,14). The summed E-state index contributed by atoms with van der Waals surface area (Å²) in [6.45, 7) is 1.98. The molecule has 14 heavy (non-hydrogen) atoms. The summed E-state index contributed by atoms with van der Waals surface area (Å²) in [6.07, 6.45) is 4.54. The number of guanidine groups is 1. The molecule has 2 bridgehead atoms. The number of aliphatic imine (C=N–C) groups is 1. The molecule has 1 aliphatic heterocycles. The molecule has 3 saturated carbocycles. The monoisotopic (exact) mass is 191 g/mol. The number of rotatable bonds is 1. The highest BCUT2D eigenvalue weighted by Gasteiger charge is 2.65. The molecule has 3 nitrogen and oxygen atoms in total. The Balaban J connectivity index is 1.46. The highest BCUT2D eigenvalue weighted by atomic mass is 15.2. The quantitative estimate of drug-likeness (QED) is 0.636. The topological polar surface area (TPSA) is 36.4 Å². The summed E-state index contributed by atoms with van der Waals surface area (Å²) in [5, 5.41) is 6.90. The van der Waals surface area contributed by atoms with E-state index in [1.807, 2.05) is 0 Å². The van der Waals surface area contributed by atoms with E-state index in [1.54, 1.807) is 0 Å². The molecule has 0 amide bonds. The molecule has 0 aromatic heterocycles. The third-order valence-electron chi connectivity index (χ3n) is 4.71. The molecule has 3 aliphatic carbocycles. The van der Waals surface area contributed by atoms with E-state index >= 15 is 0 Å². The normalized spacial score (nSPS) is 52.6. The molecule has 0 aromatic rings. The lowest BCUT2D eigenvalue weighted by molar-refractivity contribution is 0.456. The average Bonchev–Trinajstić information content (AvgIpc) is 2.68. The molecule has 1 heterocycles. The second kappa shape index (κ2) is 2.44. The van der Waals surface area contributed by atoms with Crippen LogP contribution in [0.4, 0.5) is 0 Å². The van der Waals surface area contributed by atoms with Gasteiger partial charge in [0.1, 0.15) is 0 Å². The van der Waals surface area contributed by atoms with Crippen LogP contribution in [0.5, 0.6) is 0 Å². The van der Waals surface area contributed by atoms with Gasteiger partial charge in [-0.3, -0.25) is 4.99 Å². The van der Waals surface area contributed by atoms with Gasteiger partial charge >= 0.3 is 0 Å². The molecule has 4 aliphatic rings. The van der Waals surface area contributed by atoms with Crippen molar-refractivity contribution < 1.29 is 0 Å². The predicted molar refractivity (Wildman–Crippen MR) is 55.0 cm³/mol. The number of hydrogen-bond acceptors (Lipinski definition) is 3. The van der Waals surface area contributed by atoms with E-state index in [-0.39, 0.29) is 0 Å². The molecular formula is C11H17N3. The van der Waals surface area contributed by atoms with Crippen LogP contribution >= 0.6 is 0 Å². The molecule has 4 rings (SSSR count). The second-order valence-corrected chi connectivity index (χ2v) is 5.32. The third-order valence-corrected chi connectivity index (χ3v) is 4.71. The molecule has 2 N–H and O–H groups in total. The number of nitrogens with zero attached hydrogens (tertiary/aromatic N) is 1. The largest absolute Gasteiger partial charge is 0.355 e. The van der Waals surface area contributed by atoms with Crippen LogP contribution in [-0.4, -0.2) is 25.1 Å². The van der Waals surface area contributed by atoms with E-state index in [4.69, 9.17) is 0 Å². The lowest BCUT2D eigenvalue weighted by Gasteiger charge is -2.11. The van der Waals surface area contributed by atoms with Gasteiger partial charge in [-0.2, -0.15) is 0 Å². The van der Waals surface area contributed by atoms with Gasteiger partial charge < -0.3 is 10.6 Å². The predicted octanol–water partition coefficient (Wildman–Crippen LogP) is 0.580. The minimum atomic E-state index is 0.783. The maximum absolute atomic E-state index is 4.41. The highest BCUT2D eigenvalue weighted by Crippen LogP contribution is 2.65. The van der Waals surface area contributed by atoms with Crippen LogP contribution < -0.4 is 10.6 Å². The molecule has 0 radical (unpaired) electrons. The number of hydrogen-bond donors (Lipinski definition) is 2. The zero-order chi connectivity index (χ0) is 9.12.